The number of fused-ring (bicyclic) bond motifs is 1. The number of rotatable bonds is 5. The second-order valence-corrected chi connectivity index (χ2v) is 5.54. The summed E-state index contributed by atoms with van der Waals surface area (Å²) in [4.78, 5) is 4.25. The smallest absolute Gasteiger partial charge is 0.232 e. The van der Waals surface area contributed by atoms with E-state index < -0.39 is 0 Å². The lowest BCUT2D eigenvalue weighted by atomic mass is 10.2. The largest absolute Gasteiger partial charge is 0.497 e. The minimum atomic E-state index is 0.195. The third-order valence-corrected chi connectivity index (χ3v) is 3.99. The van der Waals surface area contributed by atoms with Crippen LogP contribution in [0.4, 0.5) is 5.88 Å². The van der Waals surface area contributed by atoms with E-state index in [4.69, 9.17) is 18.6 Å². The van der Waals surface area contributed by atoms with Gasteiger partial charge in [-0.1, -0.05) is 12.1 Å². The van der Waals surface area contributed by atoms with Crippen molar-refractivity contribution < 1.29 is 18.6 Å². The molecule has 0 amide bonds. The number of nitrogens with one attached hydrogen (secondary N) is 1. The summed E-state index contributed by atoms with van der Waals surface area (Å²) in [5.74, 6) is 2.83. The summed E-state index contributed by atoms with van der Waals surface area (Å²) < 4.78 is 21.7. The lowest BCUT2D eigenvalue weighted by molar-refractivity contribution is 0.173. The molecule has 0 saturated heterocycles. The van der Waals surface area contributed by atoms with Crippen LogP contribution in [-0.2, 0) is 6.54 Å². The second-order valence-electron chi connectivity index (χ2n) is 5.54. The summed E-state index contributed by atoms with van der Waals surface area (Å²) in [6, 6.07) is 15.0. The van der Waals surface area contributed by atoms with Crippen molar-refractivity contribution in [3.05, 3.63) is 53.7 Å². The van der Waals surface area contributed by atoms with Crippen molar-refractivity contribution in [2.45, 2.75) is 6.54 Å². The highest BCUT2D eigenvalue weighted by molar-refractivity contribution is 5.60. The minimum Gasteiger partial charge on any atom is -0.497 e. The van der Waals surface area contributed by atoms with E-state index in [0.29, 0.717) is 29.8 Å². The first kappa shape index (κ1) is 15.8. The Labute approximate surface area is 149 Å². The lowest BCUT2D eigenvalue weighted by Gasteiger charge is -2.06. The van der Waals surface area contributed by atoms with Crippen LogP contribution in [0.3, 0.4) is 0 Å². The molecule has 2 aromatic carbocycles. The van der Waals surface area contributed by atoms with Crippen LogP contribution in [0.2, 0.25) is 0 Å². The van der Waals surface area contributed by atoms with E-state index in [1.54, 1.807) is 7.11 Å². The fourth-order valence-corrected chi connectivity index (χ4v) is 2.68. The van der Waals surface area contributed by atoms with E-state index in [-0.39, 0.29) is 12.5 Å². The monoisotopic (exact) mass is 349 g/mol. The summed E-state index contributed by atoms with van der Waals surface area (Å²) in [6.45, 7) is 0.623. The van der Waals surface area contributed by atoms with Crippen LogP contribution in [0.25, 0.3) is 11.5 Å². The molecule has 2 heterocycles. The van der Waals surface area contributed by atoms with Crippen LogP contribution >= 0.6 is 0 Å². The first-order valence-corrected chi connectivity index (χ1v) is 7.95. The van der Waals surface area contributed by atoms with Crippen molar-refractivity contribution in [2.75, 3.05) is 19.2 Å². The fraction of sp³-hybridized carbons (Fsp3) is 0.158. The van der Waals surface area contributed by atoms with Gasteiger partial charge in [-0.25, -0.2) is 0 Å². The standard InChI is InChI=1S/C19H15N3O4/c1-23-14-7-5-12(6-8-14)18-22-15(9-20)19(26-18)21-10-13-3-2-4-16-17(13)25-11-24-16/h2-8,21H,10-11H2,1H3. The van der Waals surface area contributed by atoms with Gasteiger partial charge in [0, 0.05) is 17.7 Å². The van der Waals surface area contributed by atoms with E-state index >= 15 is 0 Å². The van der Waals surface area contributed by atoms with Crippen LogP contribution in [-0.4, -0.2) is 18.9 Å². The van der Waals surface area contributed by atoms with Gasteiger partial charge < -0.3 is 23.9 Å². The summed E-state index contributed by atoms with van der Waals surface area (Å²) in [5, 5.41) is 12.4. The number of nitriles is 1. The topological polar surface area (TPSA) is 89.5 Å². The maximum Gasteiger partial charge on any atom is 0.232 e. The maximum absolute atomic E-state index is 9.34. The highest BCUT2D eigenvalue weighted by atomic mass is 16.7. The Kier molecular flexibility index (Phi) is 4.07. The molecule has 0 aliphatic carbocycles. The number of methoxy groups -OCH3 is 1. The average molecular weight is 349 g/mol. The number of benzene rings is 2. The number of anilines is 1. The predicted molar refractivity (Wildman–Crippen MR) is 93.1 cm³/mol. The van der Waals surface area contributed by atoms with Crippen LogP contribution in [0.5, 0.6) is 17.2 Å². The van der Waals surface area contributed by atoms with Gasteiger partial charge in [-0.2, -0.15) is 10.2 Å². The first-order valence-electron chi connectivity index (χ1n) is 7.95. The van der Waals surface area contributed by atoms with Gasteiger partial charge in [-0.15, -0.1) is 0 Å². The Balaban J connectivity index is 1.56. The molecular weight excluding hydrogens is 334 g/mol. The quantitative estimate of drug-likeness (QED) is 0.753. The summed E-state index contributed by atoms with van der Waals surface area (Å²) in [5.41, 5.74) is 1.86. The Morgan fingerprint density at radius 3 is 2.81 bits per heavy atom. The van der Waals surface area contributed by atoms with Gasteiger partial charge >= 0.3 is 0 Å². The third kappa shape index (κ3) is 2.89. The number of aromatic nitrogens is 1. The first-order chi connectivity index (χ1) is 12.8. The second kappa shape index (κ2) is 6.69. The SMILES string of the molecule is COc1ccc(-c2nc(C#N)c(NCc3cccc4c3OCO4)o2)cc1. The summed E-state index contributed by atoms with van der Waals surface area (Å²) >= 11 is 0. The van der Waals surface area contributed by atoms with Crippen molar-refractivity contribution in [1.29, 1.82) is 5.26 Å². The predicted octanol–water partition coefficient (Wildman–Crippen LogP) is 3.56. The molecule has 7 heteroatoms. The molecule has 0 saturated carbocycles. The molecular formula is C19H15N3O4. The van der Waals surface area contributed by atoms with Gasteiger partial charge in [0.2, 0.25) is 24.3 Å². The van der Waals surface area contributed by atoms with Crippen LogP contribution in [0, 0.1) is 11.3 Å². The maximum atomic E-state index is 9.34. The van der Waals surface area contributed by atoms with Gasteiger partial charge in [-0.05, 0) is 30.3 Å². The van der Waals surface area contributed by atoms with Gasteiger partial charge in [0.1, 0.15) is 11.8 Å². The molecule has 26 heavy (non-hydrogen) atoms. The van der Waals surface area contributed by atoms with Crippen molar-refractivity contribution in [1.82, 2.24) is 4.98 Å². The van der Waals surface area contributed by atoms with Crippen LogP contribution in [0.15, 0.2) is 46.9 Å². The number of hydrogen-bond acceptors (Lipinski definition) is 7. The molecule has 0 unspecified atom stereocenters. The molecule has 1 aliphatic heterocycles. The lowest BCUT2D eigenvalue weighted by Crippen LogP contribution is -2.01. The molecule has 7 nitrogen and oxygen atoms in total. The van der Waals surface area contributed by atoms with Crippen molar-refractivity contribution >= 4 is 5.88 Å². The van der Waals surface area contributed by atoms with E-state index in [1.807, 2.05) is 48.5 Å². The van der Waals surface area contributed by atoms with E-state index in [9.17, 15) is 5.26 Å². The molecule has 1 aliphatic rings. The Hall–Kier alpha value is -3.66. The number of oxazole rings is 1. The molecule has 1 aromatic heterocycles. The number of hydrogen-bond donors (Lipinski definition) is 1. The molecule has 4 rings (SSSR count). The minimum absolute atomic E-state index is 0.195. The fourth-order valence-electron chi connectivity index (χ4n) is 2.68. The zero-order chi connectivity index (χ0) is 17.9. The highest BCUT2D eigenvalue weighted by Gasteiger charge is 2.19. The van der Waals surface area contributed by atoms with E-state index in [0.717, 1.165) is 16.9 Å². The van der Waals surface area contributed by atoms with Gasteiger partial charge in [0.05, 0.1) is 7.11 Å². The molecule has 0 radical (unpaired) electrons. The average Bonchev–Trinajstić information content (AvgIpc) is 3.33. The Bertz CT molecular complexity index is 973. The molecule has 0 fully saturated rings. The van der Waals surface area contributed by atoms with Gasteiger partial charge in [0.25, 0.3) is 0 Å². The van der Waals surface area contributed by atoms with Crippen LogP contribution in [0.1, 0.15) is 11.3 Å². The van der Waals surface area contributed by atoms with Crippen molar-refractivity contribution in [3.8, 4) is 34.8 Å². The highest BCUT2D eigenvalue weighted by Crippen LogP contribution is 2.36. The van der Waals surface area contributed by atoms with Gasteiger partial charge in [0.15, 0.2) is 11.5 Å². The molecule has 0 spiro atoms. The molecule has 0 atom stereocenters. The normalized spacial score (nSPS) is 11.8. The summed E-state index contributed by atoms with van der Waals surface area (Å²) in [6.07, 6.45) is 0. The van der Waals surface area contributed by atoms with Crippen molar-refractivity contribution in [2.24, 2.45) is 0 Å². The van der Waals surface area contributed by atoms with Gasteiger partial charge in [-0.3, -0.25) is 0 Å². The molecule has 0 bridgehead atoms. The van der Waals surface area contributed by atoms with E-state index in [2.05, 4.69) is 10.3 Å². The van der Waals surface area contributed by atoms with Crippen LogP contribution < -0.4 is 19.5 Å². The van der Waals surface area contributed by atoms with E-state index in [1.165, 1.54) is 0 Å². The molecule has 130 valence electrons. The molecule has 1 N–H and O–H groups in total. The molecule has 3 aromatic rings. The van der Waals surface area contributed by atoms with Crippen molar-refractivity contribution in [3.63, 3.8) is 0 Å². The zero-order valence-electron chi connectivity index (χ0n) is 14.0. The number of para-hydroxylation sites is 1. The number of ether oxygens (including phenoxy) is 3. The Morgan fingerprint density at radius 2 is 2.04 bits per heavy atom. The Morgan fingerprint density at radius 1 is 1.19 bits per heavy atom. The summed E-state index contributed by atoms with van der Waals surface area (Å²) in [7, 11) is 1.60. The third-order valence-electron chi connectivity index (χ3n) is 3.99. The number of nitrogens with zero attached hydrogens (tertiary/aromatic N) is 2. The zero-order valence-corrected chi connectivity index (χ0v) is 14.0.